The number of benzene rings is 2. The average molecular weight is 383 g/mol. The van der Waals surface area contributed by atoms with Crippen molar-refractivity contribution in [3.63, 3.8) is 0 Å². The van der Waals surface area contributed by atoms with Gasteiger partial charge >= 0.3 is 12.3 Å². The summed E-state index contributed by atoms with van der Waals surface area (Å²) in [6.07, 6.45) is -5.93. The van der Waals surface area contributed by atoms with Crippen LogP contribution in [0.5, 0.6) is 11.5 Å². The maximum absolute atomic E-state index is 12.1. The van der Waals surface area contributed by atoms with Crippen LogP contribution in [0.25, 0.3) is 0 Å². The molecule has 0 spiro atoms. The summed E-state index contributed by atoms with van der Waals surface area (Å²) in [7, 11) is 1.45. The van der Waals surface area contributed by atoms with Gasteiger partial charge in [-0.2, -0.15) is 0 Å². The molecular weight excluding hydrogens is 367 g/mol. The third kappa shape index (κ3) is 6.21. The Hall–Kier alpha value is -3.23. The van der Waals surface area contributed by atoms with Crippen LogP contribution >= 0.6 is 0 Å². The summed E-state index contributed by atoms with van der Waals surface area (Å²) < 4.78 is 50.2. The maximum Gasteiger partial charge on any atom is 0.573 e. The number of halogens is 3. The molecule has 0 heterocycles. The number of esters is 1. The first-order valence-electron chi connectivity index (χ1n) is 7.69. The number of anilines is 1. The molecule has 2 aromatic carbocycles. The molecule has 1 N–H and O–H groups in total. The van der Waals surface area contributed by atoms with Gasteiger partial charge in [-0.05, 0) is 49.4 Å². The number of amides is 1. The second-order valence-corrected chi connectivity index (χ2v) is 5.34. The molecular formula is C18H16F3NO5. The average Bonchev–Trinajstić information content (AvgIpc) is 2.62. The van der Waals surface area contributed by atoms with Crippen LogP contribution in [0.3, 0.4) is 0 Å². The Kier molecular flexibility index (Phi) is 6.27. The van der Waals surface area contributed by atoms with Crippen LogP contribution < -0.4 is 14.8 Å². The maximum atomic E-state index is 12.1. The highest BCUT2D eigenvalue weighted by Gasteiger charge is 2.31. The van der Waals surface area contributed by atoms with E-state index in [9.17, 15) is 22.8 Å². The van der Waals surface area contributed by atoms with E-state index in [0.717, 1.165) is 12.1 Å². The normalized spacial score (nSPS) is 12.0. The lowest BCUT2D eigenvalue weighted by molar-refractivity contribution is -0.274. The van der Waals surface area contributed by atoms with Crippen molar-refractivity contribution >= 4 is 17.6 Å². The van der Waals surface area contributed by atoms with Gasteiger partial charge in [0.15, 0.2) is 6.10 Å². The number of carbonyl (C=O) groups excluding carboxylic acids is 2. The molecule has 9 heteroatoms. The first-order chi connectivity index (χ1) is 12.7. The van der Waals surface area contributed by atoms with Gasteiger partial charge in [0.05, 0.1) is 12.7 Å². The second-order valence-electron chi connectivity index (χ2n) is 5.34. The zero-order chi connectivity index (χ0) is 20.0. The Balaban J connectivity index is 1.94. The van der Waals surface area contributed by atoms with Crippen molar-refractivity contribution < 1.29 is 37.0 Å². The van der Waals surface area contributed by atoms with Crippen LogP contribution in [0, 0.1) is 0 Å². The molecule has 0 aliphatic rings. The molecule has 0 aliphatic carbocycles. The van der Waals surface area contributed by atoms with Crippen molar-refractivity contribution in [3.8, 4) is 11.5 Å². The smallest absolute Gasteiger partial charge is 0.497 e. The van der Waals surface area contributed by atoms with Crippen molar-refractivity contribution in [2.75, 3.05) is 12.4 Å². The third-order valence-electron chi connectivity index (χ3n) is 3.31. The van der Waals surface area contributed by atoms with Gasteiger partial charge in [0, 0.05) is 5.69 Å². The quantitative estimate of drug-likeness (QED) is 0.769. The van der Waals surface area contributed by atoms with Crippen LogP contribution in [0.15, 0.2) is 48.5 Å². The topological polar surface area (TPSA) is 73.9 Å². The summed E-state index contributed by atoms with van der Waals surface area (Å²) in [5.74, 6) is -1.32. The fourth-order valence-electron chi connectivity index (χ4n) is 2.02. The summed E-state index contributed by atoms with van der Waals surface area (Å²) in [6, 6.07) is 10.8. The number of hydrogen-bond acceptors (Lipinski definition) is 5. The lowest BCUT2D eigenvalue weighted by Crippen LogP contribution is -2.30. The van der Waals surface area contributed by atoms with Crippen LogP contribution in [-0.4, -0.2) is 31.5 Å². The van der Waals surface area contributed by atoms with Crippen LogP contribution in [0.1, 0.15) is 17.3 Å². The number of rotatable bonds is 6. The van der Waals surface area contributed by atoms with Crippen molar-refractivity contribution in [2.24, 2.45) is 0 Å². The Morgan fingerprint density at radius 3 is 2.30 bits per heavy atom. The highest BCUT2D eigenvalue weighted by Crippen LogP contribution is 2.24. The van der Waals surface area contributed by atoms with E-state index in [0.29, 0.717) is 5.75 Å². The Bertz CT molecular complexity index is 805. The minimum atomic E-state index is -4.80. The molecule has 0 saturated carbocycles. The number of nitrogens with one attached hydrogen (secondary N) is 1. The van der Waals surface area contributed by atoms with Gasteiger partial charge < -0.3 is 19.5 Å². The number of ether oxygens (including phenoxy) is 3. The summed E-state index contributed by atoms with van der Waals surface area (Å²) in [5, 5.41) is 2.43. The van der Waals surface area contributed by atoms with Crippen LogP contribution in [0.2, 0.25) is 0 Å². The number of methoxy groups -OCH3 is 1. The fraction of sp³-hybridized carbons (Fsp3) is 0.222. The van der Waals surface area contributed by atoms with E-state index in [1.807, 2.05) is 0 Å². The molecule has 1 atom stereocenters. The van der Waals surface area contributed by atoms with Gasteiger partial charge in [-0.3, -0.25) is 4.79 Å². The van der Waals surface area contributed by atoms with E-state index in [1.54, 1.807) is 12.1 Å². The zero-order valence-corrected chi connectivity index (χ0v) is 14.4. The molecule has 1 unspecified atom stereocenters. The van der Waals surface area contributed by atoms with Crippen molar-refractivity contribution in [3.05, 3.63) is 54.1 Å². The van der Waals surface area contributed by atoms with E-state index in [2.05, 4.69) is 10.1 Å². The van der Waals surface area contributed by atoms with Crippen molar-refractivity contribution in [2.45, 2.75) is 19.4 Å². The number of alkyl halides is 3. The van der Waals surface area contributed by atoms with Gasteiger partial charge in [-0.25, -0.2) is 4.79 Å². The molecule has 0 bridgehead atoms. The van der Waals surface area contributed by atoms with E-state index in [1.165, 1.54) is 38.3 Å². The lowest BCUT2D eigenvalue weighted by atomic mass is 10.2. The Labute approximate surface area is 152 Å². The molecule has 0 fully saturated rings. The monoisotopic (exact) mass is 383 g/mol. The van der Waals surface area contributed by atoms with Gasteiger partial charge in [0.2, 0.25) is 0 Å². The number of hydrogen-bond donors (Lipinski definition) is 1. The lowest BCUT2D eigenvalue weighted by Gasteiger charge is -2.14. The summed E-state index contributed by atoms with van der Waals surface area (Å²) in [4.78, 5) is 24.2. The molecule has 0 radical (unpaired) electrons. The minimum absolute atomic E-state index is 0.211. The fourth-order valence-corrected chi connectivity index (χ4v) is 2.02. The molecule has 2 aromatic rings. The predicted octanol–water partition coefficient (Wildman–Crippen LogP) is 3.78. The molecule has 0 aliphatic heterocycles. The first-order valence-corrected chi connectivity index (χ1v) is 7.69. The van der Waals surface area contributed by atoms with Gasteiger partial charge in [-0.1, -0.05) is 6.07 Å². The molecule has 1 amide bonds. The van der Waals surface area contributed by atoms with Gasteiger partial charge in [0.1, 0.15) is 11.5 Å². The summed E-state index contributed by atoms with van der Waals surface area (Å²) >= 11 is 0. The number of carbonyl (C=O) groups is 2. The van der Waals surface area contributed by atoms with Crippen LogP contribution in [0.4, 0.5) is 18.9 Å². The summed E-state index contributed by atoms with van der Waals surface area (Å²) in [6.45, 7) is 1.37. The van der Waals surface area contributed by atoms with Gasteiger partial charge in [0.25, 0.3) is 5.91 Å². The minimum Gasteiger partial charge on any atom is -0.497 e. The largest absolute Gasteiger partial charge is 0.573 e. The first kappa shape index (κ1) is 20.1. The standard InChI is InChI=1S/C18H16F3NO5/c1-11(26-17(24)12-4-3-5-15(10-12)25-2)16(23)22-13-6-8-14(9-7-13)27-18(19,20)21/h3-11H,1-2H3,(H,22,23). The highest BCUT2D eigenvalue weighted by atomic mass is 19.4. The van der Waals surface area contributed by atoms with Crippen molar-refractivity contribution in [1.29, 1.82) is 0 Å². The zero-order valence-electron chi connectivity index (χ0n) is 14.4. The highest BCUT2D eigenvalue weighted by molar-refractivity contribution is 5.97. The van der Waals surface area contributed by atoms with E-state index >= 15 is 0 Å². The molecule has 2 rings (SSSR count). The Morgan fingerprint density at radius 1 is 1.04 bits per heavy atom. The second kappa shape index (κ2) is 8.43. The third-order valence-corrected chi connectivity index (χ3v) is 3.31. The van der Waals surface area contributed by atoms with Crippen LogP contribution in [-0.2, 0) is 9.53 Å². The van der Waals surface area contributed by atoms with E-state index in [4.69, 9.17) is 9.47 Å². The van der Waals surface area contributed by atoms with E-state index in [-0.39, 0.29) is 11.3 Å². The molecule has 6 nitrogen and oxygen atoms in total. The Morgan fingerprint density at radius 2 is 1.70 bits per heavy atom. The predicted molar refractivity (Wildman–Crippen MR) is 89.6 cm³/mol. The molecule has 27 heavy (non-hydrogen) atoms. The van der Waals surface area contributed by atoms with Crippen molar-refractivity contribution in [1.82, 2.24) is 0 Å². The molecule has 144 valence electrons. The molecule has 0 saturated heterocycles. The summed E-state index contributed by atoms with van der Waals surface area (Å²) in [5.41, 5.74) is 0.432. The SMILES string of the molecule is COc1cccc(C(=O)OC(C)C(=O)Nc2ccc(OC(F)(F)F)cc2)c1. The van der Waals surface area contributed by atoms with E-state index < -0.39 is 30.1 Å². The van der Waals surface area contributed by atoms with Gasteiger partial charge in [-0.15, -0.1) is 13.2 Å². The molecule has 0 aromatic heterocycles.